The fourth-order valence-electron chi connectivity index (χ4n) is 2.13. The van der Waals surface area contributed by atoms with Gasteiger partial charge in [-0.2, -0.15) is 0 Å². The molecule has 100 valence electrons. The Labute approximate surface area is 117 Å². The highest BCUT2D eigenvalue weighted by Crippen LogP contribution is 2.48. The van der Waals surface area contributed by atoms with Crippen molar-refractivity contribution in [2.45, 2.75) is 45.6 Å². The molecule has 0 atom stereocenters. The molecule has 2 rings (SSSR count). The normalized spacial score (nSPS) is 17.8. The van der Waals surface area contributed by atoms with Crippen LogP contribution in [0.5, 0.6) is 0 Å². The molecule has 1 N–H and O–H groups in total. The maximum atomic E-state index is 13.8. The van der Waals surface area contributed by atoms with E-state index in [0.717, 1.165) is 23.0 Å². The molecule has 0 saturated heterocycles. The minimum Gasteiger partial charge on any atom is -0.312 e. The molecule has 1 aliphatic carbocycles. The molecule has 1 saturated carbocycles. The topological polar surface area (TPSA) is 12.0 Å². The van der Waals surface area contributed by atoms with E-state index >= 15 is 0 Å². The first-order chi connectivity index (χ1) is 8.30. The molecule has 18 heavy (non-hydrogen) atoms. The fraction of sp³-hybridized carbons (Fsp3) is 0.600. The van der Waals surface area contributed by atoms with Crippen LogP contribution in [0, 0.1) is 11.2 Å². The van der Waals surface area contributed by atoms with Crippen molar-refractivity contribution in [3.8, 4) is 0 Å². The van der Waals surface area contributed by atoms with Crippen molar-refractivity contribution >= 4 is 15.9 Å². The third kappa shape index (κ3) is 3.79. The summed E-state index contributed by atoms with van der Waals surface area (Å²) in [5.74, 6) is -0.0831. The Kier molecular flexibility index (Phi) is 3.84. The van der Waals surface area contributed by atoms with Gasteiger partial charge in [-0.3, -0.25) is 0 Å². The molecule has 0 bridgehead atoms. The first-order valence-electron chi connectivity index (χ1n) is 6.49. The van der Waals surface area contributed by atoms with E-state index in [1.165, 1.54) is 12.8 Å². The van der Waals surface area contributed by atoms with E-state index in [-0.39, 0.29) is 16.8 Å². The van der Waals surface area contributed by atoms with Crippen molar-refractivity contribution in [2.24, 2.45) is 5.41 Å². The predicted molar refractivity (Wildman–Crippen MR) is 77.2 cm³/mol. The smallest absolute Gasteiger partial charge is 0.126 e. The Bertz CT molecular complexity index is 433. The maximum absolute atomic E-state index is 13.8. The van der Waals surface area contributed by atoms with Crippen LogP contribution in [0.3, 0.4) is 0 Å². The van der Waals surface area contributed by atoms with Crippen LogP contribution in [-0.4, -0.2) is 12.1 Å². The van der Waals surface area contributed by atoms with Crippen LogP contribution in [0.4, 0.5) is 4.39 Å². The average Bonchev–Trinajstić information content (AvgIpc) is 3.01. The molecule has 1 aromatic carbocycles. The monoisotopic (exact) mass is 313 g/mol. The molecule has 0 amide bonds. The standard InChI is InChI=1S/C15H21BrFN/c1-14(2,3)18-10-15(6-7-15)9-11-8-12(16)4-5-13(11)17/h4-5,8,18H,6-7,9-10H2,1-3H3. The number of halogens is 2. The van der Waals surface area contributed by atoms with Crippen LogP contribution in [0.1, 0.15) is 39.2 Å². The van der Waals surface area contributed by atoms with E-state index in [1.807, 2.05) is 6.07 Å². The van der Waals surface area contributed by atoms with E-state index in [1.54, 1.807) is 12.1 Å². The lowest BCUT2D eigenvalue weighted by atomic mass is 9.95. The summed E-state index contributed by atoms with van der Waals surface area (Å²) in [7, 11) is 0. The zero-order chi connectivity index (χ0) is 13.4. The fourth-order valence-corrected chi connectivity index (χ4v) is 2.54. The van der Waals surface area contributed by atoms with Gasteiger partial charge >= 0.3 is 0 Å². The Morgan fingerprint density at radius 3 is 2.56 bits per heavy atom. The Morgan fingerprint density at radius 1 is 1.33 bits per heavy atom. The summed E-state index contributed by atoms with van der Waals surface area (Å²) in [5, 5.41) is 3.54. The minimum atomic E-state index is -0.0831. The molecule has 0 radical (unpaired) electrons. The third-order valence-electron chi connectivity index (χ3n) is 3.52. The number of nitrogens with one attached hydrogen (secondary N) is 1. The highest BCUT2D eigenvalue weighted by molar-refractivity contribution is 9.10. The van der Waals surface area contributed by atoms with Gasteiger partial charge in [0.2, 0.25) is 0 Å². The summed E-state index contributed by atoms with van der Waals surface area (Å²) < 4.78 is 14.7. The van der Waals surface area contributed by atoms with E-state index < -0.39 is 0 Å². The van der Waals surface area contributed by atoms with Crippen molar-refractivity contribution in [1.82, 2.24) is 5.32 Å². The highest BCUT2D eigenvalue weighted by Gasteiger charge is 2.43. The van der Waals surface area contributed by atoms with Crippen LogP contribution < -0.4 is 5.32 Å². The highest BCUT2D eigenvalue weighted by atomic mass is 79.9. The van der Waals surface area contributed by atoms with Crippen LogP contribution in [-0.2, 0) is 6.42 Å². The van der Waals surface area contributed by atoms with Crippen molar-refractivity contribution < 1.29 is 4.39 Å². The molecular weight excluding hydrogens is 293 g/mol. The van der Waals surface area contributed by atoms with Crippen molar-refractivity contribution in [3.05, 3.63) is 34.1 Å². The van der Waals surface area contributed by atoms with Crippen LogP contribution in [0.15, 0.2) is 22.7 Å². The molecule has 0 aromatic heterocycles. The summed E-state index contributed by atoms with van der Waals surface area (Å²) in [6.45, 7) is 7.48. The first kappa shape index (κ1) is 14.0. The third-order valence-corrected chi connectivity index (χ3v) is 4.02. The minimum absolute atomic E-state index is 0.0831. The van der Waals surface area contributed by atoms with E-state index in [4.69, 9.17) is 0 Å². The molecule has 0 spiro atoms. The van der Waals surface area contributed by atoms with Gasteiger partial charge < -0.3 is 5.32 Å². The lowest BCUT2D eigenvalue weighted by molar-refractivity contribution is 0.354. The molecule has 0 aliphatic heterocycles. The summed E-state index contributed by atoms with van der Waals surface area (Å²) >= 11 is 3.41. The maximum Gasteiger partial charge on any atom is 0.126 e. The predicted octanol–water partition coefficient (Wildman–Crippen LogP) is 4.30. The summed E-state index contributed by atoms with van der Waals surface area (Å²) in [6.07, 6.45) is 3.23. The first-order valence-corrected chi connectivity index (χ1v) is 7.28. The molecular formula is C15H21BrFN. The van der Waals surface area contributed by atoms with Gasteiger partial charge in [-0.05, 0) is 69.2 Å². The summed E-state index contributed by atoms with van der Waals surface area (Å²) in [5.41, 5.74) is 1.23. The molecule has 1 aromatic rings. The van der Waals surface area contributed by atoms with Gasteiger partial charge in [-0.1, -0.05) is 15.9 Å². The molecule has 1 aliphatic rings. The molecule has 0 heterocycles. The molecule has 0 unspecified atom stereocenters. The number of benzene rings is 1. The second-order valence-electron chi connectivity index (χ2n) is 6.52. The molecule has 1 fully saturated rings. The lowest BCUT2D eigenvalue weighted by Gasteiger charge is -2.25. The average molecular weight is 314 g/mol. The van der Waals surface area contributed by atoms with Gasteiger partial charge in [0.1, 0.15) is 5.82 Å². The van der Waals surface area contributed by atoms with Crippen LogP contribution in [0.25, 0.3) is 0 Å². The van der Waals surface area contributed by atoms with Gasteiger partial charge in [0, 0.05) is 16.6 Å². The zero-order valence-electron chi connectivity index (χ0n) is 11.3. The van der Waals surface area contributed by atoms with E-state index in [2.05, 4.69) is 42.0 Å². The van der Waals surface area contributed by atoms with Crippen LogP contribution >= 0.6 is 15.9 Å². The number of rotatable bonds is 4. The van der Waals surface area contributed by atoms with E-state index in [0.29, 0.717) is 0 Å². The number of hydrogen-bond acceptors (Lipinski definition) is 1. The SMILES string of the molecule is CC(C)(C)NCC1(Cc2cc(Br)ccc2F)CC1. The summed E-state index contributed by atoms with van der Waals surface area (Å²) in [6, 6.07) is 5.21. The Morgan fingerprint density at radius 2 is 2.00 bits per heavy atom. The number of hydrogen-bond donors (Lipinski definition) is 1. The van der Waals surface area contributed by atoms with Gasteiger partial charge in [-0.25, -0.2) is 4.39 Å². The van der Waals surface area contributed by atoms with Crippen molar-refractivity contribution in [3.63, 3.8) is 0 Å². The second-order valence-corrected chi connectivity index (χ2v) is 7.43. The van der Waals surface area contributed by atoms with E-state index in [9.17, 15) is 4.39 Å². The van der Waals surface area contributed by atoms with Gasteiger partial charge in [0.05, 0.1) is 0 Å². The lowest BCUT2D eigenvalue weighted by Crippen LogP contribution is -2.40. The largest absolute Gasteiger partial charge is 0.312 e. The summed E-state index contributed by atoms with van der Waals surface area (Å²) in [4.78, 5) is 0. The Hall–Kier alpha value is -0.410. The van der Waals surface area contributed by atoms with Gasteiger partial charge in [0.15, 0.2) is 0 Å². The zero-order valence-corrected chi connectivity index (χ0v) is 12.9. The van der Waals surface area contributed by atoms with Gasteiger partial charge in [0.25, 0.3) is 0 Å². The second kappa shape index (κ2) is 4.93. The van der Waals surface area contributed by atoms with Crippen molar-refractivity contribution in [2.75, 3.05) is 6.54 Å². The molecule has 1 nitrogen and oxygen atoms in total. The quantitative estimate of drug-likeness (QED) is 0.874. The Balaban J connectivity index is 2.02. The van der Waals surface area contributed by atoms with Crippen molar-refractivity contribution in [1.29, 1.82) is 0 Å². The van der Waals surface area contributed by atoms with Gasteiger partial charge in [-0.15, -0.1) is 0 Å². The molecule has 3 heteroatoms. The van der Waals surface area contributed by atoms with Crippen LogP contribution in [0.2, 0.25) is 0 Å².